The summed E-state index contributed by atoms with van der Waals surface area (Å²) in [4.78, 5) is 23.2. The van der Waals surface area contributed by atoms with E-state index in [4.69, 9.17) is 19.9 Å². The highest BCUT2D eigenvalue weighted by atomic mass is 16.5. The molecule has 0 unspecified atom stereocenters. The van der Waals surface area contributed by atoms with Crippen molar-refractivity contribution < 1.29 is 19.0 Å². The number of carbonyl (C=O) groups excluding carboxylic acids is 1. The first-order valence-electron chi connectivity index (χ1n) is 10.8. The minimum absolute atomic E-state index is 0.214. The third kappa shape index (κ3) is 4.29. The fraction of sp³-hybridized carbons (Fsp3) is 0.478. The lowest BCUT2D eigenvalue weighted by atomic mass is 9.99. The molecule has 2 aromatic heterocycles. The Kier molecular flexibility index (Phi) is 6.82. The molecule has 1 aromatic carbocycles. The zero-order valence-electron chi connectivity index (χ0n) is 18.2. The smallest absolute Gasteiger partial charge is 0.357 e. The summed E-state index contributed by atoms with van der Waals surface area (Å²) in [6, 6.07) is 6.26. The van der Waals surface area contributed by atoms with Gasteiger partial charge in [0.2, 0.25) is 0 Å². The van der Waals surface area contributed by atoms with E-state index in [1.807, 2.05) is 0 Å². The average Bonchev–Trinajstić information content (AvgIpc) is 3.19. The fourth-order valence-electron chi connectivity index (χ4n) is 4.33. The molecule has 8 nitrogen and oxygen atoms in total. The van der Waals surface area contributed by atoms with Crippen molar-refractivity contribution in [3.8, 4) is 0 Å². The van der Waals surface area contributed by atoms with Crippen molar-refractivity contribution >= 4 is 27.8 Å². The Balaban J connectivity index is 1.88. The van der Waals surface area contributed by atoms with Crippen molar-refractivity contribution in [1.29, 1.82) is 0 Å². The Morgan fingerprint density at radius 1 is 1.29 bits per heavy atom. The van der Waals surface area contributed by atoms with E-state index >= 15 is 0 Å². The van der Waals surface area contributed by atoms with Crippen LogP contribution in [0.25, 0.3) is 21.8 Å². The fourth-order valence-corrected chi connectivity index (χ4v) is 4.33. The number of nitrogens with zero attached hydrogens (tertiary/aromatic N) is 2. The van der Waals surface area contributed by atoms with Crippen molar-refractivity contribution in [2.75, 3.05) is 46.6 Å². The lowest BCUT2D eigenvalue weighted by Crippen LogP contribution is -2.37. The maximum atomic E-state index is 12.7. The summed E-state index contributed by atoms with van der Waals surface area (Å²) in [7, 11) is 1.62. The predicted octanol–water partition coefficient (Wildman–Crippen LogP) is 2.37. The molecule has 3 aromatic rings. The van der Waals surface area contributed by atoms with Crippen LogP contribution in [0.1, 0.15) is 34.2 Å². The van der Waals surface area contributed by atoms with Gasteiger partial charge in [0.15, 0.2) is 5.69 Å². The summed E-state index contributed by atoms with van der Waals surface area (Å²) in [5.74, 6) is -0.453. The topological polar surface area (TPSA) is 103 Å². The van der Waals surface area contributed by atoms with Gasteiger partial charge in [0.25, 0.3) is 0 Å². The third-order valence-electron chi connectivity index (χ3n) is 5.79. The van der Waals surface area contributed by atoms with Gasteiger partial charge in [-0.2, -0.15) is 0 Å². The highest BCUT2D eigenvalue weighted by Crippen LogP contribution is 2.35. The number of esters is 1. The maximum Gasteiger partial charge on any atom is 0.357 e. The van der Waals surface area contributed by atoms with Gasteiger partial charge in [0.1, 0.15) is 0 Å². The van der Waals surface area contributed by atoms with Crippen LogP contribution in [0.15, 0.2) is 18.2 Å². The zero-order valence-corrected chi connectivity index (χ0v) is 18.2. The van der Waals surface area contributed by atoms with Crippen LogP contribution in [0.5, 0.6) is 0 Å². The number of hydrogen-bond acceptors (Lipinski definition) is 7. The quantitative estimate of drug-likeness (QED) is 0.533. The summed E-state index contributed by atoms with van der Waals surface area (Å²) >= 11 is 0. The highest BCUT2D eigenvalue weighted by molar-refractivity contribution is 6.13. The molecule has 0 radical (unpaired) electrons. The van der Waals surface area contributed by atoms with E-state index in [1.54, 1.807) is 14.0 Å². The minimum Gasteiger partial charge on any atom is -0.461 e. The number of aromatic amines is 1. The number of carbonyl (C=O) groups is 1. The number of H-pyrrole nitrogens is 1. The molecule has 0 spiro atoms. The lowest BCUT2D eigenvalue weighted by Gasteiger charge is -2.26. The van der Waals surface area contributed by atoms with Gasteiger partial charge < -0.3 is 24.9 Å². The molecular formula is C23H30N4O4. The van der Waals surface area contributed by atoms with Crippen LogP contribution >= 0.6 is 0 Å². The molecular weight excluding hydrogens is 396 g/mol. The standard InChI is InChI=1S/C23H30N4O4/c1-3-31-23(28)21-16(14-29-2)20-19-15(7-8-27-9-11-30-12-10-27)5-4-6-17(19)25-22(20)18(13-24)26-21/h4-6,25H,3,7-14,24H2,1-2H3. The van der Waals surface area contributed by atoms with Crippen LogP contribution < -0.4 is 5.73 Å². The van der Waals surface area contributed by atoms with Crippen molar-refractivity contribution in [2.45, 2.75) is 26.5 Å². The van der Waals surface area contributed by atoms with Gasteiger partial charge in [-0.15, -0.1) is 0 Å². The van der Waals surface area contributed by atoms with Crippen molar-refractivity contribution in [1.82, 2.24) is 14.9 Å². The molecule has 0 aliphatic carbocycles. The van der Waals surface area contributed by atoms with Gasteiger partial charge in [0.05, 0.1) is 37.6 Å². The number of benzene rings is 1. The Morgan fingerprint density at radius 2 is 2.10 bits per heavy atom. The molecule has 1 fully saturated rings. The second-order valence-corrected chi connectivity index (χ2v) is 7.66. The van der Waals surface area contributed by atoms with Crippen LogP contribution in [0.2, 0.25) is 0 Å². The van der Waals surface area contributed by atoms with Crippen LogP contribution in [0.4, 0.5) is 0 Å². The zero-order chi connectivity index (χ0) is 21.8. The third-order valence-corrected chi connectivity index (χ3v) is 5.79. The molecule has 4 rings (SSSR count). The molecule has 0 amide bonds. The van der Waals surface area contributed by atoms with E-state index in [0.29, 0.717) is 5.69 Å². The molecule has 0 saturated carbocycles. The van der Waals surface area contributed by atoms with E-state index in [-0.39, 0.29) is 25.5 Å². The Morgan fingerprint density at radius 3 is 2.81 bits per heavy atom. The van der Waals surface area contributed by atoms with Crippen LogP contribution in [0, 0.1) is 0 Å². The Hall–Kier alpha value is -2.52. The maximum absolute atomic E-state index is 12.7. The van der Waals surface area contributed by atoms with Gasteiger partial charge in [-0.3, -0.25) is 4.90 Å². The first-order chi connectivity index (χ1) is 15.2. The summed E-state index contributed by atoms with van der Waals surface area (Å²) in [5, 5.41) is 2.05. The van der Waals surface area contributed by atoms with Gasteiger partial charge in [0, 0.05) is 55.1 Å². The first-order valence-corrected chi connectivity index (χ1v) is 10.8. The van der Waals surface area contributed by atoms with Gasteiger partial charge >= 0.3 is 5.97 Å². The van der Waals surface area contributed by atoms with E-state index < -0.39 is 5.97 Å². The number of morpholine rings is 1. The number of nitrogens with one attached hydrogen (secondary N) is 1. The molecule has 1 aliphatic rings. The first kappa shape index (κ1) is 21.7. The van der Waals surface area contributed by atoms with E-state index in [0.717, 1.165) is 66.6 Å². The molecule has 0 atom stereocenters. The van der Waals surface area contributed by atoms with Crippen molar-refractivity contribution in [2.24, 2.45) is 5.73 Å². The Bertz CT molecular complexity index is 1070. The minimum atomic E-state index is -0.453. The molecule has 31 heavy (non-hydrogen) atoms. The van der Waals surface area contributed by atoms with Crippen molar-refractivity contribution in [3.05, 3.63) is 40.7 Å². The highest BCUT2D eigenvalue weighted by Gasteiger charge is 2.24. The van der Waals surface area contributed by atoms with E-state index in [2.05, 4.69) is 33.1 Å². The molecule has 166 valence electrons. The molecule has 3 heterocycles. The Labute approximate surface area is 181 Å². The number of hydrogen-bond donors (Lipinski definition) is 2. The van der Waals surface area contributed by atoms with Gasteiger partial charge in [-0.05, 0) is 25.0 Å². The largest absolute Gasteiger partial charge is 0.461 e. The average molecular weight is 427 g/mol. The predicted molar refractivity (Wildman–Crippen MR) is 119 cm³/mol. The van der Waals surface area contributed by atoms with Gasteiger partial charge in [-0.1, -0.05) is 12.1 Å². The number of methoxy groups -OCH3 is 1. The number of ether oxygens (including phenoxy) is 3. The summed E-state index contributed by atoms with van der Waals surface area (Å²) in [5.41, 5.74) is 10.8. The van der Waals surface area contributed by atoms with Crippen molar-refractivity contribution in [3.63, 3.8) is 0 Å². The number of aromatic nitrogens is 2. The summed E-state index contributed by atoms with van der Waals surface area (Å²) in [6.07, 6.45) is 0.895. The van der Waals surface area contributed by atoms with Crippen LogP contribution in [-0.4, -0.2) is 67.4 Å². The number of nitrogens with two attached hydrogens (primary N) is 1. The second-order valence-electron chi connectivity index (χ2n) is 7.66. The molecule has 1 aliphatic heterocycles. The number of fused-ring (bicyclic) bond motifs is 3. The van der Waals surface area contributed by atoms with E-state index in [9.17, 15) is 4.79 Å². The van der Waals surface area contributed by atoms with Crippen LogP contribution in [-0.2, 0) is 33.8 Å². The SMILES string of the molecule is CCOC(=O)c1nc(CN)c2[nH]c3cccc(CCN4CCOCC4)c3c2c1COC. The number of rotatable bonds is 8. The molecule has 8 heteroatoms. The lowest BCUT2D eigenvalue weighted by molar-refractivity contribution is 0.0385. The second kappa shape index (κ2) is 9.74. The molecule has 3 N–H and O–H groups in total. The van der Waals surface area contributed by atoms with E-state index in [1.165, 1.54) is 5.56 Å². The molecule has 0 bridgehead atoms. The normalized spacial score (nSPS) is 15.1. The summed E-state index contributed by atoms with van der Waals surface area (Å²) in [6.45, 7) is 6.95. The monoisotopic (exact) mass is 426 g/mol. The van der Waals surface area contributed by atoms with Crippen LogP contribution in [0.3, 0.4) is 0 Å². The number of pyridine rings is 1. The summed E-state index contributed by atoms with van der Waals surface area (Å²) < 4.78 is 16.2. The molecule has 1 saturated heterocycles. The van der Waals surface area contributed by atoms with Gasteiger partial charge in [-0.25, -0.2) is 9.78 Å².